The van der Waals surface area contributed by atoms with Crippen LogP contribution in [0.15, 0.2) is 91.0 Å². The number of carbonyl (C=O) groups excluding carboxylic acids is 2. The lowest BCUT2D eigenvalue weighted by Crippen LogP contribution is -2.36. The highest BCUT2D eigenvalue weighted by Crippen LogP contribution is 2.50. The molecule has 0 N–H and O–H groups in total. The van der Waals surface area contributed by atoms with Crippen LogP contribution in [0, 0.1) is 0 Å². The topological polar surface area (TPSA) is 52.6 Å². The van der Waals surface area contributed by atoms with Crippen LogP contribution in [0.2, 0.25) is 0 Å². The van der Waals surface area contributed by atoms with Gasteiger partial charge in [0.1, 0.15) is 0 Å². The number of rotatable bonds is 7. The first kappa shape index (κ1) is 20.7. The number of ether oxygens (including phenoxy) is 2. The van der Waals surface area contributed by atoms with E-state index < -0.39 is 21.9 Å². The predicted octanol–water partition coefficient (Wildman–Crippen LogP) is 4.43. The quantitative estimate of drug-likeness (QED) is 0.330. The molecule has 0 aliphatic rings. The molecule has 3 aromatic carbocycles. The molecular weight excluding hydrogens is 384 g/mol. The largest absolute Gasteiger partial charge is 0.468 e. The molecule has 0 amide bonds. The minimum absolute atomic E-state index is 0.644. The molecule has 5 heteroatoms. The first-order chi connectivity index (χ1) is 14.1. The van der Waals surface area contributed by atoms with Crippen molar-refractivity contribution < 1.29 is 19.1 Å². The van der Waals surface area contributed by atoms with Crippen LogP contribution in [-0.4, -0.2) is 31.4 Å². The summed E-state index contributed by atoms with van der Waals surface area (Å²) in [6.45, 7) is 0. The van der Waals surface area contributed by atoms with Crippen LogP contribution in [0.1, 0.15) is 16.7 Å². The second-order valence-corrected chi connectivity index (χ2v) is 7.64. The zero-order valence-electron chi connectivity index (χ0n) is 16.3. The maximum Gasteiger partial charge on any atom is 0.330 e. The van der Waals surface area contributed by atoms with Gasteiger partial charge in [0.05, 0.1) is 19.0 Å². The summed E-state index contributed by atoms with van der Waals surface area (Å²) in [5.74, 6) is -1.29. The first-order valence-electron chi connectivity index (χ1n) is 9.13. The average Bonchev–Trinajstić information content (AvgIpc) is 2.81. The predicted molar refractivity (Wildman–Crippen MR) is 115 cm³/mol. The van der Waals surface area contributed by atoms with Gasteiger partial charge in [0.25, 0.3) is 0 Å². The summed E-state index contributed by atoms with van der Waals surface area (Å²) < 4.78 is 9.03. The lowest BCUT2D eigenvalue weighted by molar-refractivity contribution is -0.150. The van der Waals surface area contributed by atoms with Crippen LogP contribution in [0.4, 0.5) is 0 Å². The Morgan fingerprint density at radius 2 is 0.966 bits per heavy atom. The molecule has 0 saturated carbocycles. The molecule has 3 rings (SSSR count). The number of benzene rings is 3. The van der Waals surface area contributed by atoms with E-state index in [2.05, 4.69) is 0 Å². The highest BCUT2D eigenvalue weighted by Gasteiger charge is 2.44. The number of hydrogen-bond acceptors (Lipinski definition) is 5. The lowest BCUT2D eigenvalue weighted by Gasteiger charge is -2.36. The second kappa shape index (κ2) is 9.43. The van der Waals surface area contributed by atoms with Crippen LogP contribution in [0.5, 0.6) is 0 Å². The van der Waals surface area contributed by atoms with Gasteiger partial charge in [-0.1, -0.05) is 91.0 Å². The van der Waals surface area contributed by atoms with Crippen LogP contribution in [0.25, 0.3) is 0 Å². The van der Waals surface area contributed by atoms with Crippen molar-refractivity contribution in [1.29, 1.82) is 0 Å². The molecule has 4 nitrogen and oxygen atoms in total. The Kier molecular flexibility index (Phi) is 6.73. The minimum Gasteiger partial charge on any atom is -0.468 e. The van der Waals surface area contributed by atoms with Gasteiger partial charge in [0.2, 0.25) is 5.25 Å². The van der Waals surface area contributed by atoms with Crippen molar-refractivity contribution in [3.63, 3.8) is 0 Å². The molecule has 29 heavy (non-hydrogen) atoms. The van der Waals surface area contributed by atoms with E-state index in [1.54, 1.807) is 0 Å². The van der Waals surface area contributed by atoms with Crippen molar-refractivity contribution in [2.45, 2.75) is 10.00 Å². The molecule has 0 unspecified atom stereocenters. The van der Waals surface area contributed by atoms with Crippen LogP contribution in [-0.2, 0) is 23.8 Å². The van der Waals surface area contributed by atoms with Crippen molar-refractivity contribution in [1.82, 2.24) is 0 Å². The summed E-state index contributed by atoms with van der Waals surface area (Å²) in [4.78, 5) is 25.1. The molecule has 0 radical (unpaired) electrons. The minimum atomic E-state index is -1.15. The molecule has 0 fully saturated rings. The lowest BCUT2D eigenvalue weighted by atomic mass is 9.84. The number of carbonyl (C=O) groups is 2. The van der Waals surface area contributed by atoms with Gasteiger partial charge in [-0.15, -0.1) is 11.8 Å². The Labute approximate surface area is 174 Å². The summed E-state index contributed by atoms with van der Waals surface area (Å²) in [7, 11) is 2.54. The zero-order chi connectivity index (χ0) is 20.7. The van der Waals surface area contributed by atoms with Gasteiger partial charge in [-0.3, -0.25) is 9.59 Å². The fraction of sp³-hybridized carbons (Fsp3) is 0.167. The molecule has 0 aliphatic heterocycles. The molecule has 0 bridgehead atoms. The molecular formula is C24H22O4S. The standard InChI is InChI=1S/C24H22O4S/c1-27-22(25)21(23(26)28-2)29-24(18-12-6-3-7-13-18,19-14-8-4-9-15-19)20-16-10-5-11-17-20/h3-17,21H,1-2H3. The van der Waals surface area contributed by atoms with Gasteiger partial charge >= 0.3 is 11.9 Å². The fourth-order valence-corrected chi connectivity index (χ4v) is 4.86. The van der Waals surface area contributed by atoms with Crippen molar-refractivity contribution in [2.75, 3.05) is 14.2 Å². The number of esters is 2. The van der Waals surface area contributed by atoms with Crippen LogP contribution < -0.4 is 0 Å². The Hall–Kier alpha value is -3.05. The Bertz CT molecular complexity index is 830. The van der Waals surface area contributed by atoms with Gasteiger partial charge in [-0.2, -0.15) is 0 Å². The maximum absolute atomic E-state index is 12.5. The summed E-state index contributed by atoms with van der Waals surface area (Å²) in [6.07, 6.45) is 0. The van der Waals surface area contributed by atoms with E-state index in [9.17, 15) is 9.59 Å². The van der Waals surface area contributed by atoms with Crippen LogP contribution in [0.3, 0.4) is 0 Å². The Balaban J connectivity index is 2.30. The third-order valence-corrected chi connectivity index (χ3v) is 6.35. The molecule has 148 valence electrons. The first-order valence-corrected chi connectivity index (χ1v) is 10.0. The highest BCUT2D eigenvalue weighted by molar-refractivity contribution is 8.02. The van der Waals surface area contributed by atoms with Crippen molar-refractivity contribution >= 4 is 23.7 Å². The number of hydrogen-bond donors (Lipinski definition) is 0. The van der Waals surface area contributed by atoms with Gasteiger partial charge in [-0.05, 0) is 16.7 Å². The fourth-order valence-electron chi connectivity index (χ4n) is 3.31. The van der Waals surface area contributed by atoms with Crippen molar-refractivity contribution in [3.8, 4) is 0 Å². The van der Waals surface area contributed by atoms with Gasteiger partial charge in [0, 0.05) is 0 Å². The summed E-state index contributed by atoms with van der Waals surface area (Å²) in [6, 6.07) is 29.5. The molecule has 0 saturated heterocycles. The van der Waals surface area contributed by atoms with E-state index in [0.29, 0.717) is 0 Å². The molecule has 0 aromatic heterocycles. The zero-order valence-corrected chi connectivity index (χ0v) is 17.1. The van der Waals surface area contributed by atoms with Crippen LogP contribution >= 0.6 is 11.8 Å². The smallest absolute Gasteiger partial charge is 0.330 e. The van der Waals surface area contributed by atoms with Crippen molar-refractivity contribution in [2.24, 2.45) is 0 Å². The molecule has 0 aliphatic carbocycles. The van der Waals surface area contributed by atoms with E-state index in [4.69, 9.17) is 9.47 Å². The maximum atomic E-state index is 12.5. The Morgan fingerprint density at radius 1 is 0.655 bits per heavy atom. The van der Waals surface area contributed by atoms with E-state index in [-0.39, 0.29) is 0 Å². The van der Waals surface area contributed by atoms with E-state index in [0.717, 1.165) is 16.7 Å². The monoisotopic (exact) mass is 406 g/mol. The molecule has 0 atom stereocenters. The van der Waals surface area contributed by atoms with Gasteiger partial charge in [0.15, 0.2) is 0 Å². The van der Waals surface area contributed by atoms with Crippen molar-refractivity contribution in [3.05, 3.63) is 108 Å². The Morgan fingerprint density at radius 3 is 1.24 bits per heavy atom. The van der Waals surface area contributed by atoms with E-state index >= 15 is 0 Å². The normalized spacial score (nSPS) is 11.1. The summed E-state index contributed by atoms with van der Waals surface area (Å²) >= 11 is 1.21. The number of thioether (sulfide) groups is 1. The van der Waals surface area contributed by atoms with Gasteiger partial charge < -0.3 is 9.47 Å². The SMILES string of the molecule is COC(=O)C(SC(c1ccccc1)(c1ccccc1)c1ccccc1)C(=O)OC. The molecule has 3 aromatic rings. The van der Waals surface area contributed by atoms with E-state index in [1.807, 2.05) is 91.0 Å². The summed E-state index contributed by atoms with van der Waals surface area (Å²) in [5.41, 5.74) is 2.83. The summed E-state index contributed by atoms with van der Waals surface area (Å²) in [5, 5.41) is -1.15. The highest BCUT2D eigenvalue weighted by atomic mass is 32.2. The van der Waals surface area contributed by atoms with Gasteiger partial charge in [-0.25, -0.2) is 0 Å². The second-order valence-electron chi connectivity index (χ2n) is 6.32. The third kappa shape index (κ3) is 4.20. The molecule has 0 heterocycles. The number of methoxy groups -OCH3 is 2. The molecule has 0 spiro atoms. The van der Waals surface area contributed by atoms with E-state index in [1.165, 1.54) is 26.0 Å². The third-order valence-electron chi connectivity index (χ3n) is 4.67. The average molecular weight is 407 g/mol.